The van der Waals surface area contributed by atoms with E-state index in [0.717, 1.165) is 45.2 Å². The maximum absolute atomic E-state index is 12.1. The lowest BCUT2D eigenvalue weighted by Gasteiger charge is -2.29. The maximum atomic E-state index is 12.1. The van der Waals surface area contributed by atoms with Crippen molar-refractivity contribution in [3.63, 3.8) is 0 Å². The van der Waals surface area contributed by atoms with Gasteiger partial charge in [0.05, 0.1) is 18.8 Å². The van der Waals surface area contributed by atoms with Crippen molar-refractivity contribution in [1.82, 2.24) is 20.1 Å². The number of ether oxygens (including phenoxy) is 1. The molecule has 1 fully saturated rings. The van der Waals surface area contributed by atoms with Gasteiger partial charge in [-0.3, -0.25) is 15.0 Å². The van der Waals surface area contributed by atoms with E-state index in [1.54, 1.807) is 17.8 Å². The average molecular weight is 362 g/mol. The largest absolute Gasteiger partial charge is 0.379 e. The van der Waals surface area contributed by atoms with Crippen LogP contribution in [0.2, 0.25) is 0 Å². The first-order chi connectivity index (χ1) is 12.2. The van der Waals surface area contributed by atoms with Gasteiger partial charge in [0.15, 0.2) is 0 Å². The van der Waals surface area contributed by atoms with E-state index in [9.17, 15) is 4.79 Å². The lowest BCUT2D eigenvalue weighted by Crippen LogP contribution is -2.40. The first-order valence-corrected chi connectivity index (χ1v) is 9.16. The molecular weight excluding hydrogens is 340 g/mol. The van der Waals surface area contributed by atoms with Gasteiger partial charge >= 0.3 is 0 Å². The second kappa shape index (κ2) is 8.84. The predicted octanol–water partition coefficient (Wildman–Crippen LogP) is 1.57. The van der Waals surface area contributed by atoms with Crippen LogP contribution in [0.4, 0.5) is 10.9 Å². The monoisotopic (exact) mass is 362 g/mol. The number of aromatic nitrogens is 3. The molecule has 1 aliphatic rings. The summed E-state index contributed by atoms with van der Waals surface area (Å²) < 4.78 is 5.37. The van der Waals surface area contributed by atoms with Crippen LogP contribution in [0.5, 0.6) is 0 Å². The van der Waals surface area contributed by atoms with Gasteiger partial charge in [-0.25, -0.2) is 4.98 Å². The molecule has 1 aliphatic heterocycles. The minimum Gasteiger partial charge on any atom is -0.379 e. The van der Waals surface area contributed by atoms with Crippen LogP contribution in [-0.4, -0.2) is 65.4 Å². The molecule has 1 saturated heterocycles. The fraction of sp³-hybridized carbons (Fsp3) is 0.500. The van der Waals surface area contributed by atoms with Gasteiger partial charge in [0.1, 0.15) is 11.3 Å². The van der Waals surface area contributed by atoms with Gasteiger partial charge in [0.2, 0.25) is 5.13 Å². The minimum absolute atomic E-state index is 0.239. The molecule has 0 radical (unpaired) electrons. The second-order valence-corrected chi connectivity index (χ2v) is 6.86. The molecule has 1 atom stereocenters. The van der Waals surface area contributed by atoms with Crippen molar-refractivity contribution in [2.45, 2.75) is 6.92 Å². The Kier molecular flexibility index (Phi) is 6.26. The molecule has 8 nitrogen and oxygen atoms in total. The molecule has 0 bridgehead atoms. The fourth-order valence-corrected chi connectivity index (χ4v) is 3.04. The number of morpholine rings is 1. The van der Waals surface area contributed by atoms with Crippen LogP contribution in [0.1, 0.15) is 17.3 Å². The molecule has 0 spiro atoms. The molecule has 0 aliphatic carbocycles. The Bertz CT molecular complexity index is 658. The number of pyridine rings is 1. The van der Waals surface area contributed by atoms with E-state index in [1.807, 2.05) is 6.07 Å². The van der Waals surface area contributed by atoms with Gasteiger partial charge in [-0.1, -0.05) is 18.3 Å². The molecule has 0 saturated carbocycles. The van der Waals surface area contributed by atoms with Crippen molar-refractivity contribution in [2.75, 3.05) is 50.0 Å². The number of nitrogens with zero attached hydrogens (tertiary/aromatic N) is 4. The smallest absolute Gasteiger partial charge is 0.259 e. The molecule has 1 unspecified atom stereocenters. The summed E-state index contributed by atoms with van der Waals surface area (Å²) in [6.07, 6.45) is 1.56. The summed E-state index contributed by atoms with van der Waals surface area (Å²) in [5.41, 5.74) is 2.06. The van der Waals surface area contributed by atoms with Crippen LogP contribution < -0.4 is 10.6 Å². The number of hydrogen-bond acceptors (Lipinski definition) is 8. The number of anilines is 2. The highest BCUT2D eigenvalue weighted by Gasteiger charge is 2.14. The minimum atomic E-state index is -0.239. The van der Waals surface area contributed by atoms with Gasteiger partial charge in [0.25, 0.3) is 5.91 Å². The molecule has 3 rings (SSSR count). The van der Waals surface area contributed by atoms with Crippen LogP contribution in [0, 0.1) is 5.92 Å². The lowest BCUT2D eigenvalue weighted by atomic mass is 10.1. The third-order valence-corrected chi connectivity index (χ3v) is 4.52. The summed E-state index contributed by atoms with van der Waals surface area (Å²) in [6, 6.07) is 3.56. The predicted molar refractivity (Wildman–Crippen MR) is 97.0 cm³/mol. The summed E-state index contributed by atoms with van der Waals surface area (Å²) in [7, 11) is 0. The number of nitrogens with one attached hydrogen (secondary N) is 2. The van der Waals surface area contributed by atoms with Crippen molar-refractivity contribution in [3.8, 4) is 0 Å². The Morgan fingerprint density at radius 1 is 1.40 bits per heavy atom. The summed E-state index contributed by atoms with van der Waals surface area (Å²) in [5.74, 6) is 1.03. The Labute approximate surface area is 150 Å². The van der Waals surface area contributed by atoms with Gasteiger partial charge in [-0.15, -0.1) is 10.2 Å². The van der Waals surface area contributed by atoms with Crippen molar-refractivity contribution in [3.05, 3.63) is 29.4 Å². The van der Waals surface area contributed by atoms with E-state index in [-0.39, 0.29) is 5.91 Å². The van der Waals surface area contributed by atoms with Crippen molar-refractivity contribution in [2.24, 2.45) is 5.92 Å². The Morgan fingerprint density at radius 3 is 2.92 bits per heavy atom. The molecule has 25 heavy (non-hydrogen) atoms. The third-order valence-electron chi connectivity index (χ3n) is 3.91. The summed E-state index contributed by atoms with van der Waals surface area (Å²) in [5, 5.41) is 14.0. The average Bonchev–Trinajstić information content (AvgIpc) is 3.14. The van der Waals surface area contributed by atoms with E-state index >= 15 is 0 Å². The number of carbonyl (C=O) groups excluding carboxylic acids is 1. The zero-order valence-corrected chi connectivity index (χ0v) is 15.0. The fourth-order valence-electron chi connectivity index (χ4n) is 2.60. The zero-order valence-electron chi connectivity index (χ0n) is 14.1. The van der Waals surface area contributed by atoms with Crippen molar-refractivity contribution < 1.29 is 9.53 Å². The molecule has 3 heterocycles. The molecular formula is C16H22N6O2S. The SMILES string of the molecule is CC(CNc1ccc(C(=O)Nc2nncs2)cn1)CN1CCOCC1. The lowest BCUT2D eigenvalue weighted by molar-refractivity contribution is 0.0325. The van der Waals surface area contributed by atoms with Gasteiger partial charge in [-0.2, -0.15) is 0 Å². The van der Waals surface area contributed by atoms with E-state index < -0.39 is 0 Å². The normalized spacial score (nSPS) is 16.4. The van der Waals surface area contributed by atoms with Crippen LogP contribution >= 0.6 is 11.3 Å². The molecule has 2 aromatic rings. The summed E-state index contributed by atoms with van der Waals surface area (Å²) in [4.78, 5) is 18.8. The molecule has 9 heteroatoms. The Balaban J connectivity index is 1.44. The molecule has 134 valence electrons. The van der Waals surface area contributed by atoms with Crippen LogP contribution in [-0.2, 0) is 4.74 Å². The summed E-state index contributed by atoms with van der Waals surface area (Å²) in [6.45, 7) is 7.73. The maximum Gasteiger partial charge on any atom is 0.259 e. The Morgan fingerprint density at radius 2 is 2.24 bits per heavy atom. The standard InChI is InChI=1S/C16H22N6O2S/c1-12(10-22-4-6-24-7-5-22)8-17-14-3-2-13(9-18-14)15(23)20-16-21-19-11-25-16/h2-3,9,11-12H,4-8,10H2,1H3,(H,17,18)(H,20,21,23). The highest BCUT2D eigenvalue weighted by atomic mass is 32.1. The third kappa shape index (κ3) is 5.45. The molecule has 2 N–H and O–H groups in total. The van der Waals surface area contributed by atoms with Crippen molar-refractivity contribution >= 4 is 28.2 Å². The number of carbonyl (C=O) groups is 1. The first kappa shape index (κ1) is 17.7. The molecule has 1 amide bonds. The van der Waals surface area contributed by atoms with Gasteiger partial charge < -0.3 is 10.1 Å². The van der Waals surface area contributed by atoms with Crippen LogP contribution in [0.15, 0.2) is 23.8 Å². The van der Waals surface area contributed by atoms with Gasteiger partial charge in [-0.05, 0) is 18.1 Å². The number of rotatable bonds is 7. The van der Waals surface area contributed by atoms with E-state index in [4.69, 9.17) is 4.74 Å². The number of amides is 1. The van der Waals surface area contributed by atoms with Crippen LogP contribution in [0.3, 0.4) is 0 Å². The van der Waals surface area contributed by atoms with Crippen molar-refractivity contribution in [1.29, 1.82) is 0 Å². The quantitative estimate of drug-likeness (QED) is 0.772. The topological polar surface area (TPSA) is 92.3 Å². The Hall–Kier alpha value is -2.10. The van der Waals surface area contributed by atoms with E-state index in [1.165, 1.54) is 11.3 Å². The first-order valence-electron chi connectivity index (χ1n) is 8.28. The molecule has 0 aromatic carbocycles. The molecule has 2 aromatic heterocycles. The summed E-state index contributed by atoms with van der Waals surface area (Å²) >= 11 is 1.28. The van der Waals surface area contributed by atoms with E-state index in [2.05, 4.69) is 37.6 Å². The van der Waals surface area contributed by atoms with Crippen LogP contribution in [0.25, 0.3) is 0 Å². The highest BCUT2D eigenvalue weighted by molar-refractivity contribution is 7.13. The van der Waals surface area contributed by atoms with Gasteiger partial charge in [0, 0.05) is 32.4 Å². The van der Waals surface area contributed by atoms with E-state index in [0.29, 0.717) is 16.6 Å². The zero-order chi connectivity index (χ0) is 17.5. The highest BCUT2D eigenvalue weighted by Crippen LogP contribution is 2.12. The number of hydrogen-bond donors (Lipinski definition) is 2. The second-order valence-electron chi connectivity index (χ2n) is 6.03.